The first-order chi connectivity index (χ1) is 26.6. The normalized spacial score (nSPS) is 36.4. The summed E-state index contributed by atoms with van der Waals surface area (Å²) in [7, 11) is 1.37. The Morgan fingerprint density at radius 3 is 2.07 bits per heavy atom. The number of phenolic OH excluding ortho intramolecular Hbond substituents is 3. The molecule has 0 aliphatic carbocycles. The van der Waals surface area contributed by atoms with Crippen molar-refractivity contribution in [2.24, 2.45) is 0 Å². The van der Waals surface area contributed by atoms with Crippen LogP contribution in [0.1, 0.15) is 18.1 Å². The summed E-state index contributed by atoms with van der Waals surface area (Å²) in [5.41, 5.74) is 0.925. The van der Waals surface area contributed by atoms with Gasteiger partial charge in [0.2, 0.25) is 0 Å². The van der Waals surface area contributed by atoms with E-state index in [1.54, 1.807) is 12.1 Å². The Bertz CT molecular complexity index is 1620. The summed E-state index contributed by atoms with van der Waals surface area (Å²) in [6.45, 7) is -0.158. The molecular formula is C36H48O20. The molecule has 15 atom stereocenters. The number of rotatable bonds is 14. The van der Waals surface area contributed by atoms with E-state index in [1.165, 1.54) is 38.3 Å². The number of aliphatic hydroxyl groups is 8. The van der Waals surface area contributed by atoms with E-state index in [4.69, 9.17) is 37.9 Å². The van der Waals surface area contributed by atoms with Crippen LogP contribution in [0, 0.1) is 0 Å². The van der Waals surface area contributed by atoms with Crippen LogP contribution < -0.4 is 4.74 Å². The zero-order valence-corrected chi connectivity index (χ0v) is 30.2. The molecule has 0 amide bonds. The lowest BCUT2D eigenvalue weighted by Crippen LogP contribution is -2.65. The number of phenols is 3. The first kappa shape index (κ1) is 43.4. The van der Waals surface area contributed by atoms with Crippen LogP contribution in [0.5, 0.6) is 23.0 Å². The number of aliphatic hydroxyl groups excluding tert-OH is 8. The van der Waals surface area contributed by atoms with Crippen LogP contribution in [0.4, 0.5) is 0 Å². The lowest BCUT2D eigenvalue weighted by Gasteiger charge is -2.47. The van der Waals surface area contributed by atoms with Gasteiger partial charge in [0.15, 0.2) is 48.0 Å². The molecule has 2 aromatic rings. The highest BCUT2D eigenvalue weighted by Crippen LogP contribution is 2.33. The molecule has 0 bridgehead atoms. The minimum absolute atomic E-state index is 0.0961. The molecular weight excluding hydrogens is 752 g/mol. The summed E-state index contributed by atoms with van der Waals surface area (Å²) in [6, 6.07) is 8.31. The van der Waals surface area contributed by atoms with Gasteiger partial charge in [-0.25, -0.2) is 4.79 Å². The van der Waals surface area contributed by atoms with Gasteiger partial charge >= 0.3 is 5.97 Å². The molecule has 0 radical (unpaired) electrons. The molecule has 0 unspecified atom stereocenters. The molecule has 20 heteroatoms. The van der Waals surface area contributed by atoms with Gasteiger partial charge in [0.1, 0.15) is 61.0 Å². The lowest BCUT2D eigenvalue weighted by atomic mass is 9.96. The van der Waals surface area contributed by atoms with Gasteiger partial charge in [0.05, 0.1) is 33.0 Å². The fourth-order valence-electron chi connectivity index (χ4n) is 6.29. The molecule has 3 aliphatic heterocycles. The van der Waals surface area contributed by atoms with Gasteiger partial charge < -0.3 is 94.1 Å². The molecule has 5 rings (SSSR count). The van der Waals surface area contributed by atoms with E-state index in [0.717, 1.165) is 12.1 Å². The van der Waals surface area contributed by atoms with Crippen LogP contribution in [-0.4, -0.2) is 181 Å². The van der Waals surface area contributed by atoms with Gasteiger partial charge in [0, 0.05) is 6.08 Å². The van der Waals surface area contributed by atoms with E-state index in [2.05, 4.69) is 0 Å². The lowest BCUT2D eigenvalue weighted by molar-refractivity contribution is -0.364. The average molecular weight is 801 g/mol. The second kappa shape index (κ2) is 19.2. The van der Waals surface area contributed by atoms with E-state index in [-0.39, 0.29) is 30.1 Å². The number of carbonyl (C=O) groups is 1. The van der Waals surface area contributed by atoms with Crippen molar-refractivity contribution in [3.05, 3.63) is 53.6 Å². The molecule has 2 aromatic carbocycles. The smallest absolute Gasteiger partial charge is 0.331 e. The fourth-order valence-corrected chi connectivity index (χ4v) is 6.29. The van der Waals surface area contributed by atoms with Crippen molar-refractivity contribution in [2.45, 2.75) is 105 Å². The molecule has 0 aromatic heterocycles. The second-order valence-electron chi connectivity index (χ2n) is 13.5. The van der Waals surface area contributed by atoms with Crippen LogP contribution >= 0.6 is 0 Å². The molecule has 56 heavy (non-hydrogen) atoms. The van der Waals surface area contributed by atoms with Crippen molar-refractivity contribution in [1.29, 1.82) is 0 Å². The third-order valence-electron chi connectivity index (χ3n) is 9.57. The van der Waals surface area contributed by atoms with Gasteiger partial charge in [0.25, 0.3) is 0 Å². The highest BCUT2D eigenvalue weighted by Gasteiger charge is 2.53. The Hall–Kier alpha value is -3.71. The number of hydrogen-bond donors (Lipinski definition) is 11. The van der Waals surface area contributed by atoms with Crippen LogP contribution in [0.3, 0.4) is 0 Å². The monoisotopic (exact) mass is 800 g/mol. The Labute approximate surface area is 319 Å². The maximum absolute atomic E-state index is 13.3. The number of hydrogen-bond acceptors (Lipinski definition) is 20. The van der Waals surface area contributed by atoms with Crippen molar-refractivity contribution in [1.82, 2.24) is 0 Å². The number of carbonyl (C=O) groups excluding carboxylic acids is 1. The number of esters is 1. The highest BCUT2D eigenvalue weighted by molar-refractivity contribution is 5.87. The van der Waals surface area contributed by atoms with Gasteiger partial charge in [-0.1, -0.05) is 12.1 Å². The molecule has 312 valence electrons. The Balaban J connectivity index is 1.44. The van der Waals surface area contributed by atoms with Gasteiger partial charge in [-0.15, -0.1) is 0 Å². The third kappa shape index (κ3) is 10.0. The zero-order valence-electron chi connectivity index (χ0n) is 30.2. The van der Waals surface area contributed by atoms with E-state index in [1.807, 2.05) is 0 Å². The molecule has 20 nitrogen and oxygen atoms in total. The second-order valence-corrected chi connectivity index (χ2v) is 13.5. The molecule has 3 heterocycles. The summed E-state index contributed by atoms with van der Waals surface area (Å²) in [6.07, 6.45) is -22.3. The van der Waals surface area contributed by atoms with Gasteiger partial charge in [-0.05, 0) is 54.8 Å². The summed E-state index contributed by atoms with van der Waals surface area (Å²) in [5, 5.41) is 113. The SMILES string of the molecule is COc1cc(CCO[C@@H]2O[C@H](CO[C@@H]3O[C@@H](CO)[C@@H](O)[C@H](O)[C@H]3O)[C@@H](OC(=O)C=Cc3ccc(O)c(O)c3)[C@H](O[C@@H]3O[C@@H](C)[C@H](O)[C@@H](O)[C@H]3O)[C@H]2O)ccc1O. The van der Waals surface area contributed by atoms with Crippen molar-refractivity contribution in [2.75, 3.05) is 26.9 Å². The predicted molar refractivity (Wildman–Crippen MR) is 185 cm³/mol. The quantitative estimate of drug-likeness (QED) is 0.0519. The van der Waals surface area contributed by atoms with E-state index < -0.39 is 123 Å². The van der Waals surface area contributed by atoms with Crippen molar-refractivity contribution in [3.8, 4) is 23.0 Å². The number of methoxy groups -OCH3 is 1. The van der Waals surface area contributed by atoms with E-state index in [0.29, 0.717) is 5.56 Å². The summed E-state index contributed by atoms with van der Waals surface area (Å²) < 4.78 is 45.6. The van der Waals surface area contributed by atoms with Crippen molar-refractivity contribution in [3.63, 3.8) is 0 Å². The highest BCUT2D eigenvalue weighted by atomic mass is 16.8. The standard InChI is InChI=1S/C36H48O20/c1-15-25(42)27(44)30(47)36(52-15)56-33-31(48)35(50-10-9-17-4-7-19(39)21(12-17)49-2)54-23(14-51-34-29(46)28(45)26(43)22(13-37)53-34)32(33)55-24(41)8-5-16-3-6-18(38)20(40)11-16/h3-8,11-12,15,22-23,25-40,42-48H,9-10,13-14H2,1-2H3/t15-,22-,23+,25-,26+,27+,28-,29+,30+,31+,32+,33+,34+,35+,36-/m0/s1. The maximum atomic E-state index is 13.3. The van der Waals surface area contributed by atoms with Gasteiger partial charge in [-0.3, -0.25) is 0 Å². The largest absolute Gasteiger partial charge is 0.504 e. The Kier molecular flexibility index (Phi) is 14.9. The molecule has 3 fully saturated rings. The van der Waals surface area contributed by atoms with Crippen molar-refractivity contribution < 1.29 is 98.9 Å². The molecule has 11 N–H and O–H groups in total. The first-order valence-corrected chi connectivity index (χ1v) is 17.6. The Morgan fingerprint density at radius 2 is 1.38 bits per heavy atom. The fraction of sp³-hybridized carbons (Fsp3) is 0.583. The summed E-state index contributed by atoms with van der Waals surface area (Å²) in [5.74, 6) is -1.84. The minimum atomic E-state index is -1.87. The molecule has 0 spiro atoms. The predicted octanol–water partition coefficient (Wildman–Crippen LogP) is -2.89. The third-order valence-corrected chi connectivity index (χ3v) is 9.57. The van der Waals surface area contributed by atoms with Crippen LogP contribution in [0.2, 0.25) is 0 Å². The topological polar surface area (TPSA) is 313 Å². The van der Waals surface area contributed by atoms with Crippen LogP contribution in [0.25, 0.3) is 6.08 Å². The Morgan fingerprint density at radius 1 is 0.714 bits per heavy atom. The maximum Gasteiger partial charge on any atom is 0.331 e. The first-order valence-electron chi connectivity index (χ1n) is 17.6. The van der Waals surface area contributed by atoms with Gasteiger partial charge in [-0.2, -0.15) is 0 Å². The van der Waals surface area contributed by atoms with Crippen LogP contribution in [0.15, 0.2) is 42.5 Å². The molecule has 3 saturated heterocycles. The molecule has 3 aliphatic rings. The van der Waals surface area contributed by atoms with E-state index >= 15 is 0 Å². The zero-order chi connectivity index (χ0) is 40.8. The summed E-state index contributed by atoms with van der Waals surface area (Å²) in [4.78, 5) is 13.3. The summed E-state index contributed by atoms with van der Waals surface area (Å²) >= 11 is 0. The van der Waals surface area contributed by atoms with Crippen molar-refractivity contribution >= 4 is 12.0 Å². The van der Waals surface area contributed by atoms with E-state index in [9.17, 15) is 61.0 Å². The van der Waals surface area contributed by atoms with Crippen LogP contribution in [-0.2, 0) is 44.4 Å². The number of ether oxygens (including phenoxy) is 8. The number of aromatic hydroxyl groups is 3. The minimum Gasteiger partial charge on any atom is -0.504 e. The average Bonchev–Trinajstić information content (AvgIpc) is 3.18. The molecule has 0 saturated carbocycles. The number of benzene rings is 2.